The maximum absolute atomic E-state index is 11.9. The normalized spacial score (nSPS) is 19.5. The van der Waals surface area contributed by atoms with E-state index in [4.69, 9.17) is 10.3 Å². The van der Waals surface area contributed by atoms with Gasteiger partial charge in [0.25, 0.3) is 5.89 Å². The van der Waals surface area contributed by atoms with Crippen LogP contribution in [0.5, 0.6) is 0 Å². The van der Waals surface area contributed by atoms with E-state index in [9.17, 15) is 4.79 Å². The molecule has 1 aliphatic carbocycles. The summed E-state index contributed by atoms with van der Waals surface area (Å²) in [6, 6.07) is 7.69. The number of hydrogen-bond donors (Lipinski definition) is 1. The molecule has 1 saturated carbocycles. The first kappa shape index (κ1) is 16.9. The molecule has 6 nitrogen and oxygen atoms in total. The van der Waals surface area contributed by atoms with Gasteiger partial charge < -0.3 is 15.2 Å². The van der Waals surface area contributed by atoms with Gasteiger partial charge in [0.2, 0.25) is 5.91 Å². The van der Waals surface area contributed by atoms with E-state index >= 15 is 0 Å². The van der Waals surface area contributed by atoms with Gasteiger partial charge in [-0.1, -0.05) is 24.1 Å². The van der Waals surface area contributed by atoms with Crippen molar-refractivity contribution in [1.82, 2.24) is 10.1 Å². The number of hydrogen-bond acceptors (Lipinski definition) is 5. The van der Waals surface area contributed by atoms with Crippen molar-refractivity contribution in [2.24, 2.45) is 5.73 Å². The zero-order valence-corrected chi connectivity index (χ0v) is 14.2. The maximum atomic E-state index is 11.9. The fourth-order valence-electron chi connectivity index (χ4n) is 3.50. The summed E-state index contributed by atoms with van der Waals surface area (Å²) >= 11 is 0. The predicted octanol–water partition coefficient (Wildman–Crippen LogP) is 3.01. The molecule has 1 aromatic carbocycles. The maximum Gasteiger partial charge on any atom is 0.258 e. The molecule has 2 fully saturated rings. The summed E-state index contributed by atoms with van der Waals surface area (Å²) in [4.78, 5) is 18.2. The van der Waals surface area contributed by atoms with Crippen LogP contribution in [0, 0.1) is 0 Å². The van der Waals surface area contributed by atoms with Crippen molar-refractivity contribution >= 4 is 24.0 Å². The lowest BCUT2D eigenvalue weighted by Crippen LogP contribution is -2.34. The molecule has 128 valence electrons. The number of aromatic nitrogens is 2. The first-order chi connectivity index (χ1) is 11.2. The van der Waals surface area contributed by atoms with Crippen molar-refractivity contribution in [1.29, 1.82) is 0 Å². The zero-order valence-electron chi connectivity index (χ0n) is 13.4. The first-order valence-electron chi connectivity index (χ1n) is 8.20. The Morgan fingerprint density at radius 1 is 1.21 bits per heavy atom. The minimum absolute atomic E-state index is 0. The second-order valence-corrected chi connectivity index (χ2v) is 6.49. The summed E-state index contributed by atoms with van der Waals surface area (Å²) in [6.07, 6.45) is 5.52. The summed E-state index contributed by atoms with van der Waals surface area (Å²) in [5, 5.41) is 4.10. The summed E-state index contributed by atoms with van der Waals surface area (Å²) < 4.78 is 5.43. The van der Waals surface area contributed by atoms with Gasteiger partial charge in [-0.05, 0) is 37.5 Å². The largest absolute Gasteiger partial charge is 0.334 e. The Morgan fingerprint density at radius 3 is 2.71 bits per heavy atom. The molecule has 0 radical (unpaired) electrons. The Kier molecular flexibility index (Phi) is 4.60. The Balaban J connectivity index is 0.00000169. The Bertz CT molecular complexity index is 740. The molecule has 0 spiro atoms. The number of nitrogens with two attached hydrogens (primary N) is 1. The van der Waals surface area contributed by atoms with Crippen LogP contribution in [-0.2, 0) is 10.3 Å². The van der Waals surface area contributed by atoms with Crippen molar-refractivity contribution in [2.45, 2.75) is 44.1 Å². The Morgan fingerprint density at radius 2 is 2.00 bits per heavy atom. The minimum Gasteiger partial charge on any atom is -0.334 e. The van der Waals surface area contributed by atoms with Gasteiger partial charge >= 0.3 is 0 Å². The lowest BCUT2D eigenvalue weighted by Gasteiger charge is -2.17. The molecule has 1 amide bonds. The molecule has 0 bridgehead atoms. The summed E-state index contributed by atoms with van der Waals surface area (Å²) in [5.74, 6) is 1.22. The van der Waals surface area contributed by atoms with Crippen molar-refractivity contribution in [3.8, 4) is 11.5 Å². The molecule has 2 heterocycles. The van der Waals surface area contributed by atoms with E-state index in [1.54, 1.807) is 0 Å². The summed E-state index contributed by atoms with van der Waals surface area (Å²) in [5.41, 5.74) is 7.63. The molecular weight excluding hydrogens is 328 g/mol. The van der Waals surface area contributed by atoms with Gasteiger partial charge in [-0.3, -0.25) is 4.79 Å². The third kappa shape index (κ3) is 2.91. The van der Waals surface area contributed by atoms with Crippen LogP contribution in [0.2, 0.25) is 0 Å². The third-order valence-electron chi connectivity index (χ3n) is 4.85. The number of carbonyl (C=O) groups is 1. The standard InChI is InChI=1S/C17H20N4O2.ClH/c18-17(8-1-2-9-17)16-19-15(23-20-16)12-5-3-6-13(11-12)21-10-4-7-14(21)22;/h3,5-6,11H,1-2,4,7-10,18H2;1H. The van der Waals surface area contributed by atoms with E-state index < -0.39 is 5.54 Å². The van der Waals surface area contributed by atoms with E-state index in [0.717, 1.165) is 49.9 Å². The molecular formula is C17H21ClN4O2. The molecule has 24 heavy (non-hydrogen) atoms. The van der Waals surface area contributed by atoms with Crippen molar-refractivity contribution in [3.63, 3.8) is 0 Å². The van der Waals surface area contributed by atoms with Gasteiger partial charge in [-0.25, -0.2) is 0 Å². The smallest absolute Gasteiger partial charge is 0.258 e. The van der Waals surface area contributed by atoms with Crippen LogP contribution in [0.15, 0.2) is 28.8 Å². The molecule has 1 aromatic heterocycles. The molecule has 4 rings (SSSR count). The first-order valence-corrected chi connectivity index (χ1v) is 8.20. The minimum atomic E-state index is -0.454. The number of benzene rings is 1. The van der Waals surface area contributed by atoms with E-state index in [0.29, 0.717) is 18.1 Å². The SMILES string of the molecule is Cl.NC1(c2noc(-c3cccc(N4CCCC4=O)c3)n2)CCCC1. The molecule has 0 atom stereocenters. The van der Waals surface area contributed by atoms with Gasteiger partial charge in [0.05, 0.1) is 5.54 Å². The highest BCUT2D eigenvalue weighted by molar-refractivity contribution is 5.95. The van der Waals surface area contributed by atoms with E-state index in [-0.39, 0.29) is 18.3 Å². The Labute approximate surface area is 146 Å². The highest BCUT2D eigenvalue weighted by atomic mass is 35.5. The Hall–Kier alpha value is -1.92. The van der Waals surface area contributed by atoms with Crippen LogP contribution in [0.1, 0.15) is 44.3 Å². The topological polar surface area (TPSA) is 85.2 Å². The zero-order chi connectivity index (χ0) is 15.9. The second kappa shape index (κ2) is 6.53. The number of halogens is 1. The van der Waals surface area contributed by atoms with Gasteiger partial charge in [0, 0.05) is 24.2 Å². The van der Waals surface area contributed by atoms with Crippen molar-refractivity contribution in [3.05, 3.63) is 30.1 Å². The van der Waals surface area contributed by atoms with Crippen LogP contribution < -0.4 is 10.6 Å². The predicted molar refractivity (Wildman–Crippen MR) is 92.9 cm³/mol. The van der Waals surface area contributed by atoms with Gasteiger partial charge in [0.1, 0.15) is 0 Å². The van der Waals surface area contributed by atoms with E-state index in [1.807, 2.05) is 29.2 Å². The monoisotopic (exact) mass is 348 g/mol. The highest BCUT2D eigenvalue weighted by Crippen LogP contribution is 2.35. The number of carbonyl (C=O) groups excluding carboxylic acids is 1. The van der Waals surface area contributed by atoms with Crippen LogP contribution in [0.4, 0.5) is 5.69 Å². The van der Waals surface area contributed by atoms with Gasteiger partial charge in [0.15, 0.2) is 5.82 Å². The van der Waals surface area contributed by atoms with Crippen LogP contribution in [-0.4, -0.2) is 22.6 Å². The molecule has 0 unspecified atom stereocenters. The quantitative estimate of drug-likeness (QED) is 0.921. The van der Waals surface area contributed by atoms with E-state index in [1.165, 1.54) is 0 Å². The molecule has 7 heteroatoms. The van der Waals surface area contributed by atoms with E-state index in [2.05, 4.69) is 10.1 Å². The highest BCUT2D eigenvalue weighted by Gasteiger charge is 2.36. The average molecular weight is 349 g/mol. The summed E-state index contributed by atoms with van der Waals surface area (Å²) in [6.45, 7) is 0.767. The number of anilines is 1. The van der Waals surface area contributed by atoms with Crippen molar-refractivity contribution in [2.75, 3.05) is 11.4 Å². The molecule has 1 aliphatic heterocycles. The number of nitrogens with zero attached hydrogens (tertiary/aromatic N) is 3. The van der Waals surface area contributed by atoms with Gasteiger partial charge in [-0.15, -0.1) is 12.4 Å². The fourth-order valence-corrected chi connectivity index (χ4v) is 3.50. The van der Waals surface area contributed by atoms with Crippen LogP contribution in [0.25, 0.3) is 11.5 Å². The number of amides is 1. The lowest BCUT2D eigenvalue weighted by molar-refractivity contribution is -0.117. The van der Waals surface area contributed by atoms with Crippen LogP contribution >= 0.6 is 12.4 Å². The number of rotatable bonds is 3. The average Bonchev–Trinajstić information content (AvgIpc) is 3.28. The lowest BCUT2D eigenvalue weighted by atomic mass is 9.99. The van der Waals surface area contributed by atoms with Crippen molar-refractivity contribution < 1.29 is 9.32 Å². The van der Waals surface area contributed by atoms with Gasteiger partial charge in [-0.2, -0.15) is 4.98 Å². The fraction of sp³-hybridized carbons (Fsp3) is 0.471. The summed E-state index contributed by atoms with van der Waals surface area (Å²) in [7, 11) is 0. The third-order valence-corrected chi connectivity index (χ3v) is 4.85. The van der Waals surface area contributed by atoms with Crippen LogP contribution in [0.3, 0.4) is 0 Å². The molecule has 2 aromatic rings. The molecule has 2 N–H and O–H groups in total. The second-order valence-electron chi connectivity index (χ2n) is 6.49. The molecule has 1 saturated heterocycles. The molecule has 2 aliphatic rings.